The van der Waals surface area contributed by atoms with E-state index in [0.29, 0.717) is 34.9 Å². The highest BCUT2D eigenvalue weighted by molar-refractivity contribution is 7.25. The quantitative estimate of drug-likeness (QED) is 0.157. The maximum Gasteiger partial charge on any atom is 0.166 e. The molecule has 0 aliphatic heterocycles. The fourth-order valence-electron chi connectivity index (χ4n) is 9.74. The number of thiophene rings is 1. The smallest absolute Gasteiger partial charge is 0.166 e. The summed E-state index contributed by atoms with van der Waals surface area (Å²) in [6.07, 6.45) is 0. The number of fused-ring (bicyclic) bond motifs is 9. The van der Waals surface area contributed by atoms with E-state index in [0.717, 1.165) is 82.8 Å². The molecule has 0 N–H and O–H groups in total. The van der Waals surface area contributed by atoms with Crippen LogP contribution in [0.3, 0.4) is 0 Å². The molecule has 0 unspecified atom stereocenters. The van der Waals surface area contributed by atoms with Crippen molar-refractivity contribution in [3.8, 4) is 74.0 Å². The topological polar surface area (TPSA) is 95.4 Å². The minimum Gasteiger partial charge on any atom is -0.456 e. The number of furan rings is 1. The molecule has 0 spiro atoms. The number of rotatable bonds is 7. The molecule has 322 valence electrons. The molecule has 0 atom stereocenters. The van der Waals surface area contributed by atoms with Crippen molar-refractivity contribution >= 4 is 75.3 Å². The highest BCUT2D eigenvalue weighted by Crippen LogP contribution is 2.41. The molecule has 9 heteroatoms. The van der Waals surface area contributed by atoms with E-state index in [1.165, 1.54) is 20.2 Å². The molecule has 14 aromatic rings. The van der Waals surface area contributed by atoms with Crippen LogP contribution in [-0.2, 0) is 0 Å². The van der Waals surface area contributed by atoms with E-state index in [-0.39, 0.29) is 0 Å². The average molecular weight is 902 g/mol. The number of hydrogen-bond acceptors (Lipinski definition) is 8. The maximum atomic E-state index is 6.35. The number of para-hydroxylation sites is 3. The van der Waals surface area contributed by atoms with Crippen LogP contribution in [0.15, 0.2) is 217 Å². The Labute approximate surface area is 398 Å². The van der Waals surface area contributed by atoms with Crippen molar-refractivity contribution in [1.29, 1.82) is 0 Å². The van der Waals surface area contributed by atoms with Gasteiger partial charge in [-0.2, -0.15) is 0 Å². The van der Waals surface area contributed by atoms with E-state index >= 15 is 0 Å². The molecular weight excluding hydrogens is 867 g/mol. The van der Waals surface area contributed by atoms with E-state index < -0.39 is 0 Å². The van der Waals surface area contributed by atoms with E-state index in [1.54, 1.807) is 11.3 Å². The number of hydrogen-bond donors (Lipinski definition) is 0. The first-order chi connectivity index (χ1) is 34.2. The van der Waals surface area contributed by atoms with Crippen molar-refractivity contribution in [2.45, 2.75) is 0 Å². The van der Waals surface area contributed by atoms with Gasteiger partial charge in [0.05, 0.1) is 16.7 Å². The minimum atomic E-state index is 0.506. The molecule has 0 saturated carbocycles. The van der Waals surface area contributed by atoms with Gasteiger partial charge in [0, 0.05) is 75.1 Å². The first kappa shape index (κ1) is 39.0. The van der Waals surface area contributed by atoms with Crippen molar-refractivity contribution < 1.29 is 4.42 Å². The van der Waals surface area contributed by atoms with Gasteiger partial charge in [-0.25, -0.2) is 29.9 Å². The summed E-state index contributed by atoms with van der Waals surface area (Å²) in [6, 6.07) is 72.8. The summed E-state index contributed by atoms with van der Waals surface area (Å²) in [7, 11) is 0. The third kappa shape index (κ3) is 6.51. The van der Waals surface area contributed by atoms with E-state index in [9.17, 15) is 0 Å². The Hall–Kier alpha value is -9.18. The van der Waals surface area contributed by atoms with Crippen LogP contribution in [0.4, 0.5) is 0 Å². The normalized spacial score (nSPS) is 11.8. The van der Waals surface area contributed by atoms with Gasteiger partial charge in [0.25, 0.3) is 0 Å². The van der Waals surface area contributed by atoms with Crippen LogP contribution >= 0.6 is 11.3 Å². The summed E-state index contributed by atoms with van der Waals surface area (Å²) in [6.45, 7) is 0. The molecule has 0 radical (unpaired) electrons. The molecule has 0 amide bonds. The van der Waals surface area contributed by atoms with Gasteiger partial charge in [0.2, 0.25) is 0 Å². The monoisotopic (exact) mass is 901 g/mol. The Morgan fingerprint density at radius 1 is 0.319 bits per heavy atom. The van der Waals surface area contributed by atoms with Crippen molar-refractivity contribution in [3.05, 3.63) is 212 Å². The fraction of sp³-hybridized carbons (Fsp3) is 0. The van der Waals surface area contributed by atoms with Crippen LogP contribution in [-0.4, -0.2) is 34.5 Å². The number of benzene rings is 9. The zero-order valence-corrected chi connectivity index (χ0v) is 37.5. The number of nitrogens with zero attached hydrogens (tertiary/aromatic N) is 7. The van der Waals surface area contributed by atoms with E-state index in [4.69, 9.17) is 34.3 Å². The zero-order valence-electron chi connectivity index (χ0n) is 36.7. The third-order valence-corrected chi connectivity index (χ3v) is 14.1. The first-order valence-corrected chi connectivity index (χ1v) is 23.6. The Morgan fingerprint density at radius 2 is 0.812 bits per heavy atom. The van der Waals surface area contributed by atoms with Crippen molar-refractivity contribution in [2.24, 2.45) is 0 Å². The van der Waals surface area contributed by atoms with Gasteiger partial charge in [-0.15, -0.1) is 11.3 Å². The molecule has 5 heterocycles. The van der Waals surface area contributed by atoms with Gasteiger partial charge in [-0.1, -0.05) is 146 Å². The summed E-state index contributed by atoms with van der Waals surface area (Å²) in [4.78, 5) is 31.7. The summed E-state index contributed by atoms with van der Waals surface area (Å²) in [5, 5.41) is 6.62. The molecule has 0 saturated heterocycles. The van der Waals surface area contributed by atoms with Crippen LogP contribution < -0.4 is 0 Å². The standard InChI is InChI=1S/C60H35N7OS/c1-3-16-36(17-4-1)55-61-57(65-59(63-55)44-24-15-28-51-54(44)43-23-9-13-27-50(43)68-51)38-30-32-49(67-47-25-11-7-20-40(47)41-21-8-12-26-48(41)67)46(35-38)60-64-56(37-18-5-2-6-19-37)62-58(66-60)39-31-33-53-45(34-39)42-22-10-14-29-52(42)69-53/h1-35H. The zero-order chi connectivity index (χ0) is 45.4. The summed E-state index contributed by atoms with van der Waals surface area (Å²) in [5.74, 6) is 3.25. The lowest BCUT2D eigenvalue weighted by atomic mass is 10.0. The molecule has 0 aliphatic rings. The fourth-order valence-corrected chi connectivity index (χ4v) is 10.8. The molecule has 0 bridgehead atoms. The van der Waals surface area contributed by atoms with Gasteiger partial charge >= 0.3 is 0 Å². The van der Waals surface area contributed by atoms with E-state index in [1.807, 2.05) is 91.0 Å². The number of aromatic nitrogens is 7. The molecule has 8 nitrogen and oxygen atoms in total. The van der Waals surface area contributed by atoms with Gasteiger partial charge < -0.3 is 8.98 Å². The lowest BCUT2D eigenvalue weighted by molar-refractivity contribution is 0.669. The van der Waals surface area contributed by atoms with Crippen LogP contribution in [0.2, 0.25) is 0 Å². The lowest BCUT2D eigenvalue weighted by Gasteiger charge is -2.16. The Balaban J connectivity index is 1.05. The molecule has 69 heavy (non-hydrogen) atoms. The molecule has 9 aromatic carbocycles. The molecule has 14 rings (SSSR count). The van der Waals surface area contributed by atoms with Crippen LogP contribution in [0.1, 0.15) is 0 Å². The second kappa shape index (κ2) is 15.7. The largest absolute Gasteiger partial charge is 0.456 e. The molecular formula is C60H35N7OS. The lowest BCUT2D eigenvalue weighted by Crippen LogP contribution is -2.05. The van der Waals surface area contributed by atoms with E-state index in [2.05, 4.69) is 126 Å². The van der Waals surface area contributed by atoms with Gasteiger partial charge in [0.1, 0.15) is 11.2 Å². The molecule has 0 aliphatic carbocycles. The first-order valence-electron chi connectivity index (χ1n) is 22.8. The SMILES string of the molecule is c1ccc(-c2nc(-c3ccc4sc5ccccc5c4c3)nc(-c3cc(-c4nc(-c5ccccc5)nc(-c5cccc6oc7ccccc7c56)n4)ccc3-n3c4ccccc4c4ccccc43)n2)cc1. The Bertz CT molecular complexity index is 4280. The second-order valence-electron chi connectivity index (χ2n) is 17.0. The molecule has 5 aromatic heterocycles. The van der Waals surface area contributed by atoms with Gasteiger partial charge in [-0.05, 0) is 66.7 Å². The summed E-state index contributed by atoms with van der Waals surface area (Å²) >= 11 is 1.79. The maximum absolute atomic E-state index is 6.35. The van der Waals surface area contributed by atoms with Gasteiger partial charge in [0.15, 0.2) is 34.9 Å². The van der Waals surface area contributed by atoms with Crippen molar-refractivity contribution in [3.63, 3.8) is 0 Å². The third-order valence-electron chi connectivity index (χ3n) is 12.9. The van der Waals surface area contributed by atoms with Crippen molar-refractivity contribution in [2.75, 3.05) is 0 Å². The van der Waals surface area contributed by atoms with Crippen molar-refractivity contribution in [1.82, 2.24) is 34.5 Å². The highest BCUT2D eigenvalue weighted by atomic mass is 32.1. The van der Waals surface area contributed by atoms with Crippen LogP contribution in [0.25, 0.3) is 138 Å². The Morgan fingerprint density at radius 3 is 1.49 bits per heavy atom. The predicted octanol–water partition coefficient (Wildman–Crippen LogP) is 15.4. The average Bonchev–Trinajstić information content (AvgIpc) is 4.10. The minimum absolute atomic E-state index is 0.506. The Kier molecular flexibility index (Phi) is 8.90. The highest BCUT2D eigenvalue weighted by Gasteiger charge is 2.23. The van der Waals surface area contributed by atoms with Gasteiger partial charge in [-0.3, -0.25) is 0 Å². The summed E-state index contributed by atoms with van der Waals surface area (Å²) in [5.41, 5.74) is 9.67. The predicted molar refractivity (Wildman–Crippen MR) is 280 cm³/mol. The van der Waals surface area contributed by atoms with Crippen LogP contribution in [0.5, 0.6) is 0 Å². The summed E-state index contributed by atoms with van der Waals surface area (Å²) < 4.78 is 11.1. The second-order valence-corrected chi connectivity index (χ2v) is 18.1. The van der Waals surface area contributed by atoms with Crippen LogP contribution in [0, 0.1) is 0 Å². The molecule has 0 fully saturated rings.